The second-order valence-corrected chi connectivity index (χ2v) is 5.13. The molecule has 22 heavy (non-hydrogen) atoms. The van der Waals surface area contributed by atoms with Crippen LogP contribution in [0.15, 0.2) is 34.1 Å². The molecule has 112 valence electrons. The third kappa shape index (κ3) is 1.84. The highest BCUT2D eigenvalue weighted by molar-refractivity contribution is 6.01. The average molecular weight is 298 g/mol. The van der Waals surface area contributed by atoms with Crippen molar-refractivity contribution in [2.45, 2.75) is 20.4 Å². The molecular weight excluding hydrogens is 284 g/mol. The molecule has 0 spiro atoms. The standard InChI is InChI=1S/C16H14N2O4/c1-3-18-7-11(16(21)22)15(20)10-6-9-12(19)4-5-17-13(9)8(2)14(10)18/h4-7H,3H2,1-2H3,(H,17,19)(H,21,22). The highest BCUT2D eigenvalue weighted by Crippen LogP contribution is 2.23. The fourth-order valence-corrected chi connectivity index (χ4v) is 2.85. The number of aromatic amines is 1. The number of pyridine rings is 2. The van der Waals surface area contributed by atoms with E-state index >= 15 is 0 Å². The summed E-state index contributed by atoms with van der Waals surface area (Å²) in [6.45, 7) is 4.19. The van der Waals surface area contributed by atoms with Crippen molar-refractivity contribution in [2.75, 3.05) is 0 Å². The van der Waals surface area contributed by atoms with Crippen LogP contribution in [-0.4, -0.2) is 20.6 Å². The molecule has 0 aliphatic heterocycles. The van der Waals surface area contributed by atoms with Crippen molar-refractivity contribution in [2.24, 2.45) is 0 Å². The summed E-state index contributed by atoms with van der Waals surface area (Å²) in [6, 6.07) is 2.87. The number of nitrogens with zero attached hydrogens (tertiary/aromatic N) is 1. The topological polar surface area (TPSA) is 92.2 Å². The SMILES string of the molecule is CCn1cc(C(=O)O)c(=O)c2cc3c(=O)cc[nH]c3c(C)c21. The Morgan fingerprint density at radius 2 is 2.05 bits per heavy atom. The zero-order valence-electron chi connectivity index (χ0n) is 12.1. The van der Waals surface area contributed by atoms with Gasteiger partial charge in [0, 0.05) is 35.8 Å². The molecule has 0 amide bonds. The van der Waals surface area contributed by atoms with E-state index in [2.05, 4.69) is 4.98 Å². The van der Waals surface area contributed by atoms with Crippen molar-refractivity contribution in [3.8, 4) is 0 Å². The van der Waals surface area contributed by atoms with Gasteiger partial charge in [-0.2, -0.15) is 0 Å². The molecule has 2 N–H and O–H groups in total. The molecule has 0 radical (unpaired) electrons. The lowest BCUT2D eigenvalue weighted by molar-refractivity contribution is 0.0695. The van der Waals surface area contributed by atoms with Crippen molar-refractivity contribution >= 4 is 27.8 Å². The van der Waals surface area contributed by atoms with E-state index in [0.29, 0.717) is 23.0 Å². The van der Waals surface area contributed by atoms with Gasteiger partial charge in [0.2, 0.25) is 5.43 Å². The van der Waals surface area contributed by atoms with Crippen molar-refractivity contribution in [1.29, 1.82) is 0 Å². The number of aromatic carboxylic acids is 1. The second kappa shape index (κ2) is 4.84. The first-order valence-electron chi connectivity index (χ1n) is 6.87. The number of carboxylic acid groups (broad SMARTS) is 1. The molecule has 0 aliphatic rings. The van der Waals surface area contributed by atoms with E-state index in [4.69, 9.17) is 0 Å². The van der Waals surface area contributed by atoms with Gasteiger partial charge in [0.25, 0.3) is 0 Å². The Kier molecular flexibility index (Phi) is 3.09. The minimum atomic E-state index is -1.27. The van der Waals surface area contributed by atoms with Crippen LogP contribution in [0.3, 0.4) is 0 Å². The molecule has 0 atom stereocenters. The summed E-state index contributed by atoms with van der Waals surface area (Å²) in [5.74, 6) is -1.27. The van der Waals surface area contributed by atoms with Gasteiger partial charge >= 0.3 is 5.97 Å². The van der Waals surface area contributed by atoms with Crippen LogP contribution >= 0.6 is 0 Å². The Morgan fingerprint density at radius 1 is 1.32 bits per heavy atom. The summed E-state index contributed by atoms with van der Waals surface area (Å²) in [5.41, 5.74) is 0.987. The maximum atomic E-state index is 12.4. The number of carboxylic acids is 1. The van der Waals surface area contributed by atoms with E-state index in [1.165, 1.54) is 18.3 Å². The average Bonchev–Trinajstić information content (AvgIpc) is 2.49. The van der Waals surface area contributed by atoms with Crippen molar-refractivity contribution in [3.63, 3.8) is 0 Å². The molecule has 3 aromatic rings. The number of aryl methyl sites for hydroxylation is 2. The Labute approximate surface area is 124 Å². The van der Waals surface area contributed by atoms with Crippen molar-refractivity contribution in [1.82, 2.24) is 9.55 Å². The molecule has 2 aromatic heterocycles. The number of benzene rings is 1. The molecule has 6 nitrogen and oxygen atoms in total. The van der Waals surface area contributed by atoms with E-state index in [-0.39, 0.29) is 16.4 Å². The lowest BCUT2D eigenvalue weighted by Crippen LogP contribution is -2.20. The van der Waals surface area contributed by atoms with E-state index in [9.17, 15) is 19.5 Å². The van der Waals surface area contributed by atoms with E-state index in [1.54, 1.807) is 10.8 Å². The summed E-state index contributed by atoms with van der Waals surface area (Å²) >= 11 is 0. The maximum absolute atomic E-state index is 12.4. The number of aromatic nitrogens is 2. The summed E-state index contributed by atoms with van der Waals surface area (Å²) in [4.78, 5) is 38.7. The maximum Gasteiger partial charge on any atom is 0.341 e. The Balaban J connectivity index is 2.67. The Morgan fingerprint density at radius 3 is 2.68 bits per heavy atom. The number of nitrogens with one attached hydrogen (secondary N) is 1. The van der Waals surface area contributed by atoms with Gasteiger partial charge in [-0.25, -0.2) is 4.79 Å². The highest BCUT2D eigenvalue weighted by Gasteiger charge is 2.17. The fourth-order valence-electron chi connectivity index (χ4n) is 2.85. The lowest BCUT2D eigenvalue weighted by Gasteiger charge is -2.14. The summed E-state index contributed by atoms with van der Waals surface area (Å²) in [7, 11) is 0. The molecule has 0 unspecified atom stereocenters. The first-order chi connectivity index (χ1) is 10.5. The smallest absolute Gasteiger partial charge is 0.341 e. The molecule has 3 rings (SSSR count). The molecule has 0 saturated heterocycles. The van der Waals surface area contributed by atoms with E-state index in [0.717, 1.165) is 5.56 Å². The second-order valence-electron chi connectivity index (χ2n) is 5.13. The van der Waals surface area contributed by atoms with Crippen molar-refractivity contribution < 1.29 is 9.90 Å². The third-order valence-electron chi connectivity index (χ3n) is 3.90. The number of rotatable bonds is 2. The minimum absolute atomic E-state index is 0.207. The first kappa shape index (κ1) is 14.1. The predicted molar refractivity (Wildman–Crippen MR) is 83.7 cm³/mol. The summed E-state index contributed by atoms with van der Waals surface area (Å²) in [6.07, 6.45) is 2.91. The summed E-state index contributed by atoms with van der Waals surface area (Å²) in [5, 5.41) is 9.84. The van der Waals surface area contributed by atoms with E-state index in [1.807, 2.05) is 13.8 Å². The predicted octanol–water partition coefficient (Wildman–Crippen LogP) is 1.87. The molecule has 6 heteroatoms. The highest BCUT2D eigenvalue weighted by atomic mass is 16.4. The van der Waals surface area contributed by atoms with Crippen LogP contribution in [0.5, 0.6) is 0 Å². The molecular formula is C16H14N2O4. The van der Waals surface area contributed by atoms with Gasteiger partial charge < -0.3 is 14.7 Å². The zero-order chi connectivity index (χ0) is 16.0. The first-order valence-corrected chi connectivity index (χ1v) is 6.87. The van der Waals surface area contributed by atoms with Crippen LogP contribution < -0.4 is 10.9 Å². The van der Waals surface area contributed by atoms with Gasteiger partial charge in [-0.3, -0.25) is 9.59 Å². The van der Waals surface area contributed by atoms with Crippen LogP contribution in [-0.2, 0) is 6.54 Å². The van der Waals surface area contributed by atoms with Crippen LogP contribution in [0.2, 0.25) is 0 Å². The van der Waals surface area contributed by atoms with Gasteiger partial charge in [0.1, 0.15) is 5.56 Å². The van der Waals surface area contributed by atoms with Gasteiger partial charge in [-0.05, 0) is 25.5 Å². The minimum Gasteiger partial charge on any atom is -0.477 e. The number of hydrogen-bond donors (Lipinski definition) is 2. The number of fused-ring (bicyclic) bond motifs is 2. The van der Waals surface area contributed by atoms with Crippen LogP contribution in [0.25, 0.3) is 21.8 Å². The zero-order valence-corrected chi connectivity index (χ0v) is 12.1. The van der Waals surface area contributed by atoms with Crippen LogP contribution in [0.1, 0.15) is 22.8 Å². The molecule has 2 heterocycles. The number of hydrogen-bond acceptors (Lipinski definition) is 3. The normalized spacial score (nSPS) is 11.2. The van der Waals surface area contributed by atoms with Crippen LogP contribution in [0.4, 0.5) is 0 Å². The molecule has 0 fully saturated rings. The number of carbonyl (C=O) groups is 1. The monoisotopic (exact) mass is 298 g/mol. The van der Waals surface area contributed by atoms with Gasteiger partial charge in [-0.1, -0.05) is 0 Å². The van der Waals surface area contributed by atoms with Gasteiger partial charge in [0.05, 0.1) is 11.0 Å². The number of H-pyrrole nitrogens is 1. The van der Waals surface area contributed by atoms with Crippen LogP contribution in [0, 0.1) is 6.92 Å². The quantitative estimate of drug-likeness (QED) is 0.706. The summed E-state index contributed by atoms with van der Waals surface area (Å²) < 4.78 is 1.72. The lowest BCUT2D eigenvalue weighted by atomic mass is 10.0. The molecule has 0 bridgehead atoms. The van der Waals surface area contributed by atoms with Gasteiger partial charge in [-0.15, -0.1) is 0 Å². The Bertz CT molecular complexity index is 1040. The molecule has 0 saturated carbocycles. The Hall–Kier alpha value is -2.89. The third-order valence-corrected chi connectivity index (χ3v) is 3.90. The molecule has 1 aromatic carbocycles. The largest absolute Gasteiger partial charge is 0.477 e. The van der Waals surface area contributed by atoms with E-state index < -0.39 is 11.4 Å². The van der Waals surface area contributed by atoms with Gasteiger partial charge in [0.15, 0.2) is 5.43 Å². The molecule has 0 aliphatic carbocycles. The fraction of sp³-hybridized carbons (Fsp3) is 0.188. The van der Waals surface area contributed by atoms with Crippen molar-refractivity contribution in [3.05, 3.63) is 56.1 Å².